The summed E-state index contributed by atoms with van der Waals surface area (Å²) in [4.78, 5) is 27.7. The first-order chi connectivity index (χ1) is 10.6. The molecule has 0 bridgehead atoms. The molecule has 6 nitrogen and oxygen atoms in total. The number of rotatable bonds is 4. The van der Waals surface area contributed by atoms with Gasteiger partial charge in [0, 0.05) is 18.3 Å². The zero-order valence-corrected chi connectivity index (χ0v) is 12.1. The molecule has 0 unspecified atom stereocenters. The van der Waals surface area contributed by atoms with E-state index in [9.17, 15) is 9.59 Å². The van der Waals surface area contributed by atoms with Gasteiger partial charge in [0.2, 0.25) is 0 Å². The number of carbonyl (C=O) groups is 1. The van der Waals surface area contributed by atoms with E-state index < -0.39 is 12.5 Å². The van der Waals surface area contributed by atoms with Gasteiger partial charge in [0.15, 0.2) is 0 Å². The van der Waals surface area contributed by atoms with Crippen molar-refractivity contribution < 1.29 is 9.90 Å². The second-order valence-electron chi connectivity index (χ2n) is 4.96. The molecule has 2 heterocycles. The number of hydrogen-bond donors (Lipinski definition) is 1. The molecular weight excluding hydrogens is 282 g/mol. The van der Waals surface area contributed by atoms with Gasteiger partial charge >= 0.3 is 5.97 Å². The van der Waals surface area contributed by atoms with Gasteiger partial charge in [-0.3, -0.25) is 14.2 Å². The third-order valence-corrected chi connectivity index (χ3v) is 3.57. The zero-order valence-electron chi connectivity index (χ0n) is 12.1. The molecule has 0 amide bonds. The number of aliphatic carboxylic acids is 1. The van der Waals surface area contributed by atoms with E-state index in [0.29, 0.717) is 17.6 Å². The summed E-state index contributed by atoms with van der Waals surface area (Å²) in [6, 6.07) is 9.69. The Hall–Kier alpha value is -2.89. The minimum absolute atomic E-state index is 0.337. The summed E-state index contributed by atoms with van der Waals surface area (Å²) < 4.78 is 2.93. The second-order valence-corrected chi connectivity index (χ2v) is 4.96. The molecule has 0 aliphatic carbocycles. The third-order valence-electron chi connectivity index (χ3n) is 3.57. The molecule has 112 valence electrons. The largest absolute Gasteiger partial charge is 0.480 e. The molecule has 0 atom stereocenters. The first-order valence-electron chi connectivity index (χ1n) is 6.97. The van der Waals surface area contributed by atoms with Gasteiger partial charge in [-0.1, -0.05) is 30.3 Å². The Morgan fingerprint density at radius 2 is 1.95 bits per heavy atom. The van der Waals surface area contributed by atoms with Gasteiger partial charge in [-0.05, 0) is 12.5 Å². The molecule has 3 aromatic rings. The summed E-state index contributed by atoms with van der Waals surface area (Å²) in [7, 11) is 0. The van der Waals surface area contributed by atoms with E-state index >= 15 is 0 Å². The van der Waals surface area contributed by atoms with Gasteiger partial charge in [-0.15, -0.1) is 0 Å². The van der Waals surface area contributed by atoms with E-state index in [1.54, 1.807) is 0 Å². The van der Waals surface area contributed by atoms with Crippen LogP contribution in [0.1, 0.15) is 6.92 Å². The van der Waals surface area contributed by atoms with Crippen LogP contribution in [0.2, 0.25) is 0 Å². The third kappa shape index (κ3) is 2.28. The number of benzene rings is 1. The first kappa shape index (κ1) is 14.1. The molecule has 22 heavy (non-hydrogen) atoms. The van der Waals surface area contributed by atoms with Crippen molar-refractivity contribution in [3.63, 3.8) is 0 Å². The molecule has 0 fully saturated rings. The van der Waals surface area contributed by atoms with Crippen LogP contribution in [0.4, 0.5) is 0 Å². The fourth-order valence-corrected chi connectivity index (χ4v) is 2.55. The number of hydrogen-bond acceptors (Lipinski definition) is 3. The molecule has 1 aromatic carbocycles. The van der Waals surface area contributed by atoms with Crippen LogP contribution in [0.15, 0.2) is 47.7 Å². The summed E-state index contributed by atoms with van der Waals surface area (Å²) in [6.45, 7) is 2.15. The molecule has 0 spiro atoms. The van der Waals surface area contributed by atoms with Crippen molar-refractivity contribution in [2.24, 2.45) is 0 Å². The molecule has 3 rings (SSSR count). The van der Waals surface area contributed by atoms with Crippen LogP contribution in [0.25, 0.3) is 22.2 Å². The Kier molecular flexibility index (Phi) is 3.50. The lowest BCUT2D eigenvalue weighted by Crippen LogP contribution is -2.25. The number of carboxylic acids is 1. The molecule has 0 saturated heterocycles. The van der Waals surface area contributed by atoms with Crippen LogP contribution >= 0.6 is 0 Å². The SMILES string of the molecule is CCn1cc(-c2ccccc2)c2ncn(CC(=O)O)c(=O)c21. The van der Waals surface area contributed by atoms with Gasteiger partial charge in [0.25, 0.3) is 5.56 Å². The minimum atomic E-state index is -1.07. The molecule has 0 saturated carbocycles. The number of nitrogens with zero attached hydrogens (tertiary/aromatic N) is 3. The van der Waals surface area contributed by atoms with E-state index in [-0.39, 0.29) is 5.56 Å². The summed E-state index contributed by atoms with van der Waals surface area (Å²) in [5.74, 6) is -1.07. The molecule has 0 aliphatic rings. The maximum Gasteiger partial charge on any atom is 0.323 e. The first-order valence-corrected chi connectivity index (χ1v) is 6.97. The second kappa shape index (κ2) is 5.48. The molecule has 2 aromatic heterocycles. The van der Waals surface area contributed by atoms with Gasteiger partial charge in [0.1, 0.15) is 17.6 Å². The average Bonchev–Trinajstić information content (AvgIpc) is 2.90. The highest BCUT2D eigenvalue weighted by atomic mass is 16.4. The minimum Gasteiger partial charge on any atom is -0.480 e. The van der Waals surface area contributed by atoms with E-state index in [2.05, 4.69) is 4.98 Å². The Balaban J connectivity index is 2.28. The van der Waals surface area contributed by atoms with Crippen LogP contribution in [-0.4, -0.2) is 25.2 Å². The van der Waals surface area contributed by atoms with Crippen LogP contribution in [0, 0.1) is 0 Å². The maximum absolute atomic E-state index is 12.5. The van der Waals surface area contributed by atoms with Crippen LogP contribution in [-0.2, 0) is 17.9 Å². The Morgan fingerprint density at radius 3 is 2.59 bits per heavy atom. The van der Waals surface area contributed by atoms with Crippen molar-refractivity contribution in [3.05, 3.63) is 53.2 Å². The Labute approximate surface area is 126 Å². The summed E-state index contributed by atoms with van der Waals surface area (Å²) in [6.07, 6.45) is 3.19. The van der Waals surface area contributed by atoms with E-state index in [1.807, 2.05) is 48.0 Å². The standard InChI is InChI=1S/C16H15N3O3/c1-2-18-8-12(11-6-4-3-5-7-11)14-15(18)16(22)19(10-17-14)9-13(20)21/h3-8,10H,2,9H2,1H3,(H,20,21). The summed E-state index contributed by atoms with van der Waals surface area (Å²) in [5, 5.41) is 8.88. The zero-order chi connectivity index (χ0) is 15.7. The topological polar surface area (TPSA) is 77.1 Å². The number of aryl methyl sites for hydroxylation is 1. The Morgan fingerprint density at radius 1 is 1.23 bits per heavy atom. The number of carboxylic acid groups (broad SMARTS) is 1. The van der Waals surface area contributed by atoms with Crippen molar-refractivity contribution in [2.75, 3.05) is 0 Å². The highest BCUT2D eigenvalue weighted by molar-refractivity contribution is 5.92. The predicted molar refractivity (Wildman–Crippen MR) is 82.7 cm³/mol. The molecule has 1 N–H and O–H groups in total. The van der Waals surface area contributed by atoms with Crippen molar-refractivity contribution in [1.29, 1.82) is 0 Å². The van der Waals surface area contributed by atoms with Crippen molar-refractivity contribution >= 4 is 17.0 Å². The normalized spacial score (nSPS) is 11.0. The van der Waals surface area contributed by atoms with E-state index in [1.165, 1.54) is 6.33 Å². The van der Waals surface area contributed by atoms with Crippen LogP contribution < -0.4 is 5.56 Å². The predicted octanol–water partition coefficient (Wildman–Crippen LogP) is 1.97. The van der Waals surface area contributed by atoms with Crippen molar-refractivity contribution in [1.82, 2.24) is 14.1 Å². The number of fused-ring (bicyclic) bond motifs is 1. The smallest absolute Gasteiger partial charge is 0.323 e. The Bertz CT molecular complexity index is 894. The van der Waals surface area contributed by atoms with Gasteiger partial charge in [0.05, 0.1) is 6.33 Å². The number of aromatic nitrogens is 3. The molecule has 0 radical (unpaired) electrons. The average molecular weight is 297 g/mol. The fourth-order valence-electron chi connectivity index (χ4n) is 2.55. The lowest BCUT2D eigenvalue weighted by Gasteiger charge is -2.04. The van der Waals surface area contributed by atoms with Crippen LogP contribution in [0.3, 0.4) is 0 Å². The van der Waals surface area contributed by atoms with Gasteiger partial charge in [-0.25, -0.2) is 4.98 Å². The molecule has 6 heteroatoms. The highest BCUT2D eigenvalue weighted by Crippen LogP contribution is 2.27. The van der Waals surface area contributed by atoms with Crippen molar-refractivity contribution in [3.8, 4) is 11.1 Å². The van der Waals surface area contributed by atoms with Gasteiger partial charge < -0.3 is 9.67 Å². The monoisotopic (exact) mass is 297 g/mol. The van der Waals surface area contributed by atoms with Crippen LogP contribution in [0.5, 0.6) is 0 Å². The highest BCUT2D eigenvalue weighted by Gasteiger charge is 2.16. The summed E-state index contributed by atoms with van der Waals surface area (Å²) in [5.41, 5.74) is 2.54. The van der Waals surface area contributed by atoms with E-state index in [4.69, 9.17) is 5.11 Å². The molecule has 0 aliphatic heterocycles. The molecular formula is C16H15N3O3. The maximum atomic E-state index is 12.5. The lowest BCUT2D eigenvalue weighted by molar-refractivity contribution is -0.137. The van der Waals surface area contributed by atoms with Gasteiger partial charge in [-0.2, -0.15) is 0 Å². The summed E-state index contributed by atoms with van der Waals surface area (Å²) >= 11 is 0. The quantitative estimate of drug-likeness (QED) is 0.798. The lowest BCUT2D eigenvalue weighted by atomic mass is 10.1. The fraction of sp³-hybridized carbons (Fsp3) is 0.188. The van der Waals surface area contributed by atoms with Crippen molar-refractivity contribution in [2.45, 2.75) is 20.0 Å². The van der Waals surface area contributed by atoms with E-state index in [0.717, 1.165) is 15.7 Å².